The first-order valence-corrected chi connectivity index (χ1v) is 77.2. The molecule has 0 bridgehead atoms. The molecule has 9 heteroatoms. The summed E-state index contributed by atoms with van der Waals surface area (Å²) in [6.45, 7) is 15.4. The number of rotatable bonds is 6. The van der Waals surface area contributed by atoms with Crippen LogP contribution in [-0.4, -0.2) is 45.6 Å². The minimum Gasteiger partial charge on any atom is -0.147 e. The molecule has 0 aromatic heterocycles. The van der Waals surface area contributed by atoms with E-state index < -0.39 is 18.2 Å². The summed E-state index contributed by atoms with van der Waals surface area (Å²) in [5, 5.41) is 0. The van der Waals surface area contributed by atoms with Crippen molar-refractivity contribution < 1.29 is 2.07 Å². The first kappa shape index (κ1) is 36.7. The summed E-state index contributed by atoms with van der Waals surface area (Å²) in [5.74, 6) is 0. The molecule has 0 nitrogen and oxygen atoms in total. The summed E-state index contributed by atoms with van der Waals surface area (Å²) < 4.78 is 20.4. The molecule has 0 fully saturated rings. The van der Waals surface area contributed by atoms with Crippen LogP contribution in [0.3, 0.4) is 0 Å². The maximum Gasteiger partial charge on any atom is -0.147 e. The Bertz CT molecular complexity index is 1420. The van der Waals surface area contributed by atoms with Gasteiger partial charge in [-0.05, 0) is 0 Å². The van der Waals surface area contributed by atoms with Crippen LogP contribution in [0.2, 0.25) is 88.4 Å². The predicted octanol–water partition coefficient (Wildman–Crippen LogP) is 6.95. The second-order valence-corrected chi connectivity index (χ2v) is 609. The van der Waals surface area contributed by atoms with Crippen molar-refractivity contribution in [1.29, 1.82) is 0 Å². The van der Waals surface area contributed by atoms with Crippen LogP contribution in [0.4, 0.5) is 0 Å². The van der Waals surface area contributed by atoms with Gasteiger partial charge in [-0.15, -0.1) is 24.8 Å². The molecular weight excluding hydrogens is 643 g/mol. The molecule has 0 heterocycles. The Balaban J connectivity index is 0.00000578. The molecule has 214 valence electrons. The fraction of sp³-hybridized carbons (Fsp3) is 0.692. The summed E-state index contributed by atoms with van der Waals surface area (Å²) in [7, 11) is 1.66. The Morgan fingerprint density at radius 3 is 1.00 bits per heavy atom. The van der Waals surface area contributed by atoms with Crippen LogP contribution in [0, 0.1) is 0 Å². The fourth-order valence-electron chi connectivity index (χ4n) is 9.32. The molecule has 0 radical (unpaired) electrons. The van der Waals surface area contributed by atoms with Gasteiger partial charge < -0.3 is 0 Å². The average molecular weight is 711 g/mol. The molecule has 0 saturated carbocycles. The van der Waals surface area contributed by atoms with E-state index in [0.717, 1.165) is 42.3 Å². The van der Waals surface area contributed by atoms with Crippen molar-refractivity contribution in [3.8, 4) is 0 Å². The Morgan fingerprint density at radius 2 is 0.800 bits per heavy atom. The standard InChI is InChI=1S/2C9H15Si.8CH3.2ClH.4H3Si.Zr/c2*1-10(2,3)8-9-6-4-5-7-9;;;;;;;;;;;;;;;/h2*4,6H,5,8H2,1-3H3;8*1H3;2*1H;4*1H3;. The molecule has 0 aromatic carbocycles. The minimum absolute atomic E-state index is 0. The van der Waals surface area contributed by atoms with Crippen LogP contribution in [0.25, 0.3) is 0 Å². The molecule has 35 heavy (non-hydrogen) atoms. The molecular formula is C26H68Cl2Si6Zr. The largest absolute Gasteiger partial charge is 0.147 e. The molecule has 0 saturated heterocycles. The van der Waals surface area contributed by atoms with Crippen molar-refractivity contribution in [3.63, 3.8) is 0 Å². The van der Waals surface area contributed by atoms with Gasteiger partial charge in [-0.3, -0.25) is 0 Å². The van der Waals surface area contributed by atoms with Crippen molar-refractivity contribution in [2.75, 3.05) is 0 Å². The third-order valence-corrected chi connectivity index (χ3v) is 82.2. The summed E-state index contributed by atoms with van der Waals surface area (Å²) in [6, 6.07) is 2.57. The van der Waals surface area contributed by atoms with Crippen LogP contribution in [0.5, 0.6) is 0 Å². The zero-order valence-electron chi connectivity index (χ0n) is 27.5. The van der Waals surface area contributed by atoms with E-state index in [9.17, 15) is 0 Å². The average Bonchev–Trinajstić information content (AvgIpc) is 2.90. The van der Waals surface area contributed by atoms with E-state index in [4.69, 9.17) is 0 Å². The second-order valence-electron chi connectivity index (χ2n) is 47.8. The van der Waals surface area contributed by atoms with Crippen molar-refractivity contribution in [3.05, 3.63) is 42.0 Å². The van der Waals surface area contributed by atoms with E-state index in [1.165, 1.54) is 12.1 Å². The van der Waals surface area contributed by atoms with Gasteiger partial charge in [0, 0.05) is 0 Å². The third-order valence-electron chi connectivity index (χ3n) is 11.0. The molecule has 0 unspecified atom stereocenters. The van der Waals surface area contributed by atoms with Crippen molar-refractivity contribution in [2.45, 2.75) is 101 Å². The van der Waals surface area contributed by atoms with Crippen LogP contribution in [0.1, 0.15) is 12.8 Å². The Hall–Kier alpha value is 1.72. The Labute approximate surface area is 213 Å². The zero-order chi connectivity index (χ0) is 27.2. The van der Waals surface area contributed by atoms with E-state index >= 15 is 0 Å². The second kappa shape index (κ2) is 2.77. The molecule has 2 aliphatic carbocycles. The number of halogens is 2. The molecule has 0 aromatic rings. The third kappa shape index (κ3) is 5.80. The van der Waals surface area contributed by atoms with Gasteiger partial charge >= 0.3 is 191 Å². The van der Waals surface area contributed by atoms with Crippen LogP contribution in [0.15, 0.2) is 42.0 Å². The van der Waals surface area contributed by atoms with Crippen LogP contribution >= 0.6 is 24.8 Å². The predicted molar refractivity (Wildman–Crippen MR) is 199 cm³/mol. The van der Waals surface area contributed by atoms with Gasteiger partial charge in [0.2, 0.25) is 0 Å². The molecule has 2 aliphatic rings. The number of allylic oxidation sites excluding steroid dienone is 8. The van der Waals surface area contributed by atoms with Gasteiger partial charge in [-0.1, -0.05) is 0 Å². The summed E-state index contributed by atoms with van der Waals surface area (Å²) in [5.41, 5.74) is 3.42. The molecule has 0 aliphatic heterocycles. The van der Waals surface area contributed by atoms with E-state index in [-0.39, 0.29) is 24.8 Å². The number of hydrogen-bond acceptors (Lipinski definition) is 0. The normalized spacial score (nSPS) is 35.0. The van der Waals surface area contributed by atoms with Gasteiger partial charge in [0.15, 0.2) is 0 Å². The molecule has 0 N–H and O–H groups in total. The number of hydrogen-bond donors (Lipinski definition) is 0. The monoisotopic (exact) mass is 708 g/mol. The fourth-order valence-corrected chi connectivity index (χ4v) is 72.6. The van der Waals surface area contributed by atoms with E-state index in [1.807, 2.05) is 6.56 Å². The first-order valence-electron chi connectivity index (χ1n) is 14.2. The Morgan fingerprint density at radius 1 is 0.571 bits per heavy atom. The van der Waals surface area contributed by atoms with Gasteiger partial charge in [-0.2, -0.15) is 0 Å². The zero-order valence-corrected chi connectivity index (χ0v) is 41.5. The minimum atomic E-state index is -7.41. The van der Waals surface area contributed by atoms with Crippen molar-refractivity contribution in [1.82, 2.24) is 0 Å². The molecule has 2 rings (SSSR count). The van der Waals surface area contributed by atoms with Crippen molar-refractivity contribution in [2.24, 2.45) is 0 Å². The molecule has 0 spiro atoms. The quantitative estimate of drug-likeness (QED) is 0.262. The molecule has 0 amide bonds. The topological polar surface area (TPSA) is 0 Å². The van der Waals surface area contributed by atoms with Gasteiger partial charge in [0.25, 0.3) is 0 Å². The Kier molecular flexibility index (Phi) is 2.91. The summed E-state index contributed by atoms with van der Waals surface area (Å²) in [4.78, 5) is 0. The smallest absolute Gasteiger partial charge is 0.147 e. The van der Waals surface area contributed by atoms with E-state index in [1.54, 1.807) is 11.1 Å². The summed E-state index contributed by atoms with van der Waals surface area (Å²) >= 11 is 0. The van der Waals surface area contributed by atoms with Crippen LogP contribution in [-0.2, 0) is 2.07 Å². The van der Waals surface area contributed by atoms with Crippen LogP contribution < -0.4 is 0 Å². The SMILES string of the molecule is C[Si](C)(C)CC1=[C]([Zr]([CH3])([CH3])([CH3])([CH3])([CH3])([CH3])([CH3])([CH3])([SiH3])([SiH3])([SiH3])([SiH3])[C]2=C(C[Si](C)(C)C)C=CC2)CC=C1.Cl.Cl. The van der Waals surface area contributed by atoms with Gasteiger partial charge in [0.05, 0.1) is 0 Å². The van der Waals surface area contributed by atoms with Gasteiger partial charge in [0.1, 0.15) is 0 Å². The maximum absolute atomic E-state index is 7.41. The van der Waals surface area contributed by atoms with E-state index in [2.05, 4.69) is 101 Å². The molecule has 0 atom stereocenters. The maximum atomic E-state index is 3.01. The van der Waals surface area contributed by atoms with Crippen molar-refractivity contribution >= 4 is 70.4 Å². The van der Waals surface area contributed by atoms with E-state index in [0.29, 0.717) is 0 Å². The van der Waals surface area contributed by atoms with Gasteiger partial charge in [-0.25, -0.2) is 0 Å². The summed E-state index contributed by atoms with van der Waals surface area (Å²) in [6.07, 6.45) is 12.5. The first-order chi connectivity index (χ1) is 12.3.